The Kier molecular flexibility index (Phi) is 4.70. The van der Waals surface area contributed by atoms with E-state index in [1.54, 1.807) is 18.3 Å². The van der Waals surface area contributed by atoms with Crippen LogP contribution in [0.1, 0.15) is 12.5 Å². The van der Waals surface area contributed by atoms with E-state index in [0.29, 0.717) is 4.90 Å². The summed E-state index contributed by atoms with van der Waals surface area (Å²) < 4.78 is 28.0. The molecule has 1 aromatic heterocycles. The van der Waals surface area contributed by atoms with Crippen molar-refractivity contribution in [3.05, 3.63) is 60.3 Å². The molecule has 2 aromatic carbocycles. The van der Waals surface area contributed by atoms with Crippen molar-refractivity contribution in [2.45, 2.75) is 18.7 Å². The molecule has 0 saturated carbocycles. The highest BCUT2D eigenvalue weighted by Crippen LogP contribution is 2.32. The van der Waals surface area contributed by atoms with Gasteiger partial charge in [-0.25, -0.2) is 12.4 Å². The second-order valence-corrected chi connectivity index (χ2v) is 8.88. The Hall–Kier alpha value is -2.31. The van der Waals surface area contributed by atoms with E-state index in [4.69, 9.17) is 0 Å². The summed E-state index contributed by atoms with van der Waals surface area (Å²) >= 11 is 0. The van der Waals surface area contributed by atoms with Gasteiger partial charge in [-0.05, 0) is 31.7 Å². The molecule has 1 aliphatic rings. The zero-order chi connectivity index (χ0) is 19.0. The van der Waals surface area contributed by atoms with Crippen molar-refractivity contribution in [3.63, 3.8) is 0 Å². The zero-order valence-corrected chi connectivity index (χ0v) is 16.6. The summed E-state index contributed by atoms with van der Waals surface area (Å²) in [5.74, 6) is 0. The number of nitrogens with zero attached hydrogens (tertiary/aromatic N) is 3. The van der Waals surface area contributed by atoms with Crippen LogP contribution in [0.2, 0.25) is 0 Å². The molecule has 0 radical (unpaired) electrons. The molecule has 0 bridgehead atoms. The quantitative estimate of drug-likeness (QED) is 0.693. The fourth-order valence-corrected chi connectivity index (χ4v) is 5.08. The van der Waals surface area contributed by atoms with E-state index in [2.05, 4.69) is 16.7 Å². The number of piperazine rings is 1. The van der Waals surface area contributed by atoms with Gasteiger partial charge in [-0.15, -0.1) is 0 Å². The van der Waals surface area contributed by atoms with Crippen LogP contribution in [-0.2, 0) is 10.0 Å². The lowest BCUT2D eigenvalue weighted by Crippen LogP contribution is -2.46. The van der Waals surface area contributed by atoms with Gasteiger partial charge in [-0.3, -0.25) is 0 Å². The maximum atomic E-state index is 13.3. The molecular weight excluding hydrogens is 358 g/mol. The second-order valence-electron chi connectivity index (χ2n) is 7.07. The highest BCUT2D eigenvalue weighted by Gasteiger charge is 2.24. The van der Waals surface area contributed by atoms with Gasteiger partial charge >= 0.3 is 0 Å². The molecule has 1 saturated heterocycles. The van der Waals surface area contributed by atoms with Gasteiger partial charge in [0.15, 0.2) is 0 Å². The van der Waals surface area contributed by atoms with Gasteiger partial charge in [0.2, 0.25) is 0 Å². The highest BCUT2D eigenvalue weighted by molar-refractivity contribution is 7.90. The normalized spacial score (nSPS) is 16.1. The number of rotatable bonds is 4. The first kappa shape index (κ1) is 18.1. The Labute approximate surface area is 160 Å². The van der Waals surface area contributed by atoms with Crippen molar-refractivity contribution < 1.29 is 8.42 Å². The Bertz CT molecular complexity index is 1050. The molecule has 142 valence electrons. The van der Waals surface area contributed by atoms with E-state index in [1.165, 1.54) is 3.97 Å². The third kappa shape index (κ3) is 3.24. The first-order valence-electron chi connectivity index (χ1n) is 9.40. The van der Waals surface area contributed by atoms with Crippen molar-refractivity contribution in [1.29, 1.82) is 0 Å². The number of anilines is 1. The maximum Gasteiger partial charge on any atom is 0.268 e. The number of likely N-dealkylation sites (N-methyl/N-ethyl adjacent to an activating group) is 1. The van der Waals surface area contributed by atoms with Crippen molar-refractivity contribution in [1.82, 2.24) is 8.87 Å². The van der Waals surface area contributed by atoms with Crippen molar-refractivity contribution in [2.24, 2.45) is 0 Å². The highest BCUT2D eigenvalue weighted by atomic mass is 32.2. The van der Waals surface area contributed by atoms with Crippen LogP contribution in [-0.4, -0.2) is 50.0 Å². The lowest BCUT2D eigenvalue weighted by Gasteiger charge is -2.35. The van der Waals surface area contributed by atoms with Gasteiger partial charge in [0.1, 0.15) is 0 Å². The van der Waals surface area contributed by atoms with E-state index in [0.717, 1.165) is 54.9 Å². The number of hydrogen-bond acceptors (Lipinski definition) is 4. The standard InChI is InChI=1S/C21H25N3O2S/c1-3-22-12-14-23(15-13-22)21-16-24(20-7-5-4-6-19(20)21)27(25,26)18-10-8-17(2)9-11-18/h4-11,16H,3,12-15H2,1-2H3. The number of aromatic nitrogens is 1. The summed E-state index contributed by atoms with van der Waals surface area (Å²) in [5, 5.41) is 0.984. The van der Waals surface area contributed by atoms with Crippen molar-refractivity contribution >= 4 is 26.6 Å². The molecule has 1 aliphatic heterocycles. The lowest BCUT2D eigenvalue weighted by atomic mass is 10.2. The van der Waals surface area contributed by atoms with E-state index in [9.17, 15) is 8.42 Å². The summed E-state index contributed by atoms with van der Waals surface area (Å²) in [6, 6.07) is 14.8. The Morgan fingerprint density at radius 2 is 1.59 bits per heavy atom. The smallest absolute Gasteiger partial charge is 0.268 e. The third-order valence-corrected chi connectivity index (χ3v) is 7.08. The molecule has 27 heavy (non-hydrogen) atoms. The molecule has 0 aliphatic carbocycles. The molecule has 0 atom stereocenters. The van der Waals surface area contributed by atoms with Crippen LogP contribution in [0.3, 0.4) is 0 Å². The number of fused-ring (bicyclic) bond motifs is 1. The van der Waals surface area contributed by atoms with Gasteiger partial charge in [0, 0.05) is 37.8 Å². The fourth-order valence-electron chi connectivity index (χ4n) is 3.71. The monoisotopic (exact) mass is 383 g/mol. The van der Waals surface area contributed by atoms with E-state index >= 15 is 0 Å². The summed E-state index contributed by atoms with van der Waals surface area (Å²) in [6.45, 7) is 9.00. The first-order chi connectivity index (χ1) is 13.0. The van der Waals surface area contributed by atoms with Gasteiger partial charge in [0.05, 0.1) is 16.1 Å². The van der Waals surface area contributed by atoms with Crippen LogP contribution in [0.15, 0.2) is 59.6 Å². The molecule has 0 spiro atoms. The maximum absolute atomic E-state index is 13.3. The van der Waals surface area contributed by atoms with E-state index in [1.807, 2.05) is 43.3 Å². The van der Waals surface area contributed by atoms with Gasteiger partial charge < -0.3 is 9.80 Å². The summed E-state index contributed by atoms with van der Waals surface area (Å²) in [5.41, 5.74) is 2.77. The number of hydrogen-bond donors (Lipinski definition) is 0. The van der Waals surface area contributed by atoms with Crippen molar-refractivity contribution in [3.8, 4) is 0 Å². The van der Waals surface area contributed by atoms with Crippen LogP contribution >= 0.6 is 0 Å². The number of aryl methyl sites for hydroxylation is 1. The molecule has 4 rings (SSSR count). The lowest BCUT2D eigenvalue weighted by molar-refractivity contribution is 0.271. The largest absolute Gasteiger partial charge is 0.367 e. The van der Waals surface area contributed by atoms with Crippen LogP contribution in [0.4, 0.5) is 5.69 Å². The first-order valence-corrected chi connectivity index (χ1v) is 10.8. The molecule has 5 nitrogen and oxygen atoms in total. The molecule has 6 heteroatoms. The van der Waals surface area contributed by atoms with E-state index in [-0.39, 0.29) is 0 Å². The minimum Gasteiger partial charge on any atom is -0.367 e. The SMILES string of the molecule is CCN1CCN(c2cn(S(=O)(=O)c3ccc(C)cc3)c3ccccc23)CC1. The van der Waals surface area contributed by atoms with Crippen LogP contribution in [0.25, 0.3) is 10.9 Å². The zero-order valence-electron chi connectivity index (χ0n) is 15.8. The number of benzene rings is 2. The van der Waals surface area contributed by atoms with Crippen LogP contribution < -0.4 is 4.90 Å². The minimum atomic E-state index is -3.64. The molecule has 0 unspecified atom stereocenters. The predicted octanol–water partition coefficient (Wildman–Crippen LogP) is 3.33. The topological polar surface area (TPSA) is 45.5 Å². The molecule has 2 heterocycles. The van der Waals surface area contributed by atoms with Crippen LogP contribution in [0.5, 0.6) is 0 Å². The molecule has 0 amide bonds. The molecular formula is C21H25N3O2S. The van der Waals surface area contributed by atoms with Gasteiger partial charge in [-0.1, -0.05) is 42.8 Å². The van der Waals surface area contributed by atoms with E-state index < -0.39 is 10.0 Å². The molecule has 0 N–H and O–H groups in total. The third-order valence-electron chi connectivity index (χ3n) is 5.39. The Morgan fingerprint density at radius 3 is 2.26 bits per heavy atom. The summed E-state index contributed by atoms with van der Waals surface area (Å²) in [4.78, 5) is 5.03. The van der Waals surface area contributed by atoms with Crippen LogP contribution in [0, 0.1) is 6.92 Å². The molecule has 3 aromatic rings. The molecule has 1 fully saturated rings. The van der Waals surface area contributed by atoms with Gasteiger partial charge in [0.25, 0.3) is 10.0 Å². The summed E-state index contributed by atoms with van der Waals surface area (Å²) in [7, 11) is -3.64. The van der Waals surface area contributed by atoms with Crippen molar-refractivity contribution in [2.75, 3.05) is 37.6 Å². The summed E-state index contributed by atoms with van der Waals surface area (Å²) in [6.07, 6.45) is 1.79. The number of para-hydroxylation sites is 1. The Balaban J connectivity index is 1.80. The Morgan fingerprint density at radius 1 is 0.926 bits per heavy atom. The average Bonchev–Trinajstić information content (AvgIpc) is 3.09. The minimum absolute atomic E-state index is 0.316. The fraction of sp³-hybridized carbons (Fsp3) is 0.333. The van der Waals surface area contributed by atoms with Gasteiger partial charge in [-0.2, -0.15) is 0 Å². The second kappa shape index (κ2) is 7.02. The predicted molar refractivity (Wildman–Crippen MR) is 110 cm³/mol. The average molecular weight is 384 g/mol.